The van der Waals surface area contributed by atoms with Crippen LogP contribution in [-0.4, -0.2) is 32.5 Å². The predicted molar refractivity (Wildman–Crippen MR) is 114 cm³/mol. The molecule has 0 unspecified atom stereocenters. The summed E-state index contributed by atoms with van der Waals surface area (Å²) < 4.78 is 1.95. The van der Waals surface area contributed by atoms with E-state index < -0.39 is 0 Å². The van der Waals surface area contributed by atoms with E-state index in [0.29, 0.717) is 23.3 Å². The smallest absolute Gasteiger partial charge is 0.251 e. The SMILES string of the molecule is Nc1cc(-c2cc3n(c(=O)c2)C[C@H]2C[C@@H]3CN(Cc3cccc(Cl)c3)C2)ncn1. The average molecular weight is 408 g/mol. The topological polar surface area (TPSA) is 77.0 Å². The molecule has 0 saturated carbocycles. The Morgan fingerprint density at radius 1 is 1.10 bits per heavy atom. The number of anilines is 1. The van der Waals surface area contributed by atoms with E-state index in [1.165, 1.54) is 11.9 Å². The minimum atomic E-state index is 0.0349. The van der Waals surface area contributed by atoms with Gasteiger partial charge in [0.05, 0.1) is 5.69 Å². The van der Waals surface area contributed by atoms with Gasteiger partial charge >= 0.3 is 0 Å². The fourth-order valence-electron chi connectivity index (χ4n) is 4.76. The molecule has 6 nitrogen and oxygen atoms in total. The summed E-state index contributed by atoms with van der Waals surface area (Å²) in [5.74, 6) is 1.21. The molecule has 0 radical (unpaired) electrons. The molecule has 2 aliphatic rings. The number of pyridine rings is 1. The first-order chi connectivity index (χ1) is 14.0. The molecule has 1 saturated heterocycles. The molecular weight excluding hydrogens is 386 g/mol. The highest BCUT2D eigenvalue weighted by Gasteiger charge is 2.35. The Morgan fingerprint density at radius 3 is 2.83 bits per heavy atom. The summed E-state index contributed by atoms with van der Waals surface area (Å²) in [7, 11) is 0. The molecule has 4 heterocycles. The molecule has 7 heteroatoms. The van der Waals surface area contributed by atoms with Crippen molar-refractivity contribution in [2.24, 2.45) is 5.92 Å². The van der Waals surface area contributed by atoms with Gasteiger partial charge in [0.1, 0.15) is 12.1 Å². The van der Waals surface area contributed by atoms with Crippen LogP contribution in [0.2, 0.25) is 5.02 Å². The number of rotatable bonds is 3. The van der Waals surface area contributed by atoms with Gasteiger partial charge in [-0.1, -0.05) is 23.7 Å². The summed E-state index contributed by atoms with van der Waals surface area (Å²) in [6.07, 6.45) is 2.55. The van der Waals surface area contributed by atoms with Crippen LogP contribution in [-0.2, 0) is 13.1 Å². The summed E-state index contributed by atoms with van der Waals surface area (Å²) >= 11 is 6.15. The molecule has 29 heavy (non-hydrogen) atoms. The molecule has 0 spiro atoms. The van der Waals surface area contributed by atoms with Gasteiger partial charge in [0, 0.05) is 60.5 Å². The highest BCUT2D eigenvalue weighted by atomic mass is 35.5. The second-order valence-electron chi connectivity index (χ2n) is 8.07. The summed E-state index contributed by atoms with van der Waals surface area (Å²) in [6.45, 7) is 3.57. The van der Waals surface area contributed by atoms with E-state index in [0.717, 1.165) is 48.9 Å². The van der Waals surface area contributed by atoms with E-state index in [1.54, 1.807) is 12.1 Å². The molecule has 2 bridgehead atoms. The lowest BCUT2D eigenvalue weighted by molar-refractivity contribution is 0.114. The first kappa shape index (κ1) is 18.3. The van der Waals surface area contributed by atoms with Gasteiger partial charge in [-0.15, -0.1) is 0 Å². The standard InChI is InChI=1S/C22H22ClN5O/c23-18-3-1-2-14(5-18)9-27-10-15-4-17(12-27)20-6-16(7-22(29)28(20)11-15)19-8-21(24)26-13-25-19/h1-3,5-8,13,15,17H,4,9-12H2,(H2,24,25,26)/t15-,17+/m0/s1. The van der Waals surface area contributed by atoms with Crippen LogP contribution in [0, 0.1) is 5.92 Å². The molecule has 2 atom stereocenters. The first-order valence-corrected chi connectivity index (χ1v) is 10.2. The molecular formula is C22H22ClN5O. The molecule has 1 aromatic carbocycles. The highest BCUT2D eigenvalue weighted by molar-refractivity contribution is 6.30. The summed E-state index contributed by atoms with van der Waals surface area (Å²) in [5, 5.41) is 0.769. The van der Waals surface area contributed by atoms with Crippen molar-refractivity contribution in [2.75, 3.05) is 18.8 Å². The fraction of sp³-hybridized carbons (Fsp3) is 0.318. The lowest BCUT2D eigenvalue weighted by atomic mass is 9.82. The van der Waals surface area contributed by atoms with E-state index >= 15 is 0 Å². The number of hydrogen-bond donors (Lipinski definition) is 1. The monoisotopic (exact) mass is 407 g/mol. The van der Waals surface area contributed by atoms with Crippen LogP contribution in [0.1, 0.15) is 23.6 Å². The van der Waals surface area contributed by atoms with Crippen LogP contribution >= 0.6 is 11.6 Å². The largest absolute Gasteiger partial charge is 0.384 e. The maximum Gasteiger partial charge on any atom is 0.251 e. The Bertz CT molecular complexity index is 1130. The van der Waals surface area contributed by atoms with Crippen molar-refractivity contribution >= 4 is 17.4 Å². The number of likely N-dealkylation sites (tertiary alicyclic amines) is 1. The van der Waals surface area contributed by atoms with Gasteiger partial charge < -0.3 is 10.3 Å². The molecule has 2 N–H and O–H groups in total. The van der Waals surface area contributed by atoms with Crippen molar-refractivity contribution in [2.45, 2.75) is 25.4 Å². The van der Waals surface area contributed by atoms with Gasteiger partial charge in [-0.3, -0.25) is 9.69 Å². The summed E-state index contributed by atoms with van der Waals surface area (Å²) in [5.41, 5.74) is 9.65. The van der Waals surface area contributed by atoms with Crippen molar-refractivity contribution in [3.63, 3.8) is 0 Å². The quantitative estimate of drug-likeness (QED) is 0.721. The molecule has 2 aromatic heterocycles. The second-order valence-corrected chi connectivity index (χ2v) is 8.50. The van der Waals surface area contributed by atoms with E-state index in [1.807, 2.05) is 22.8 Å². The number of fused-ring (bicyclic) bond motifs is 4. The minimum absolute atomic E-state index is 0.0349. The third-order valence-corrected chi connectivity index (χ3v) is 6.15. The van der Waals surface area contributed by atoms with Crippen LogP contribution in [0.4, 0.5) is 5.82 Å². The number of nitrogens with two attached hydrogens (primary N) is 1. The number of nitrogens with zero attached hydrogens (tertiary/aromatic N) is 4. The van der Waals surface area contributed by atoms with Crippen molar-refractivity contribution in [3.8, 4) is 11.3 Å². The Hall–Kier alpha value is -2.70. The number of aromatic nitrogens is 3. The number of nitrogen functional groups attached to an aromatic ring is 1. The third kappa shape index (κ3) is 3.66. The third-order valence-electron chi connectivity index (χ3n) is 5.91. The van der Waals surface area contributed by atoms with Gasteiger partial charge in [0.25, 0.3) is 5.56 Å². The van der Waals surface area contributed by atoms with Crippen LogP contribution in [0.5, 0.6) is 0 Å². The van der Waals surface area contributed by atoms with Gasteiger partial charge in [-0.25, -0.2) is 9.97 Å². The first-order valence-electron chi connectivity index (χ1n) is 9.84. The van der Waals surface area contributed by atoms with Gasteiger partial charge in [-0.05, 0) is 36.1 Å². The Kier molecular flexibility index (Phi) is 4.60. The second kappa shape index (κ2) is 7.28. The number of halogens is 1. The summed E-state index contributed by atoms with van der Waals surface area (Å²) in [6, 6.07) is 13.5. The van der Waals surface area contributed by atoms with Crippen LogP contribution in [0.15, 0.2) is 53.6 Å². The van der Waals surface area contributed by atoms with E-state index in [9.17, 15) is 4.79 Å². The molecule has 0 amide bonds. The maximum absolute atomic E-state index is 12.8. The lowest BCUT2D eigenvalue weighted by Gasteiger charge is -2.43. The predicted octanol–water partition coefficient (Wildman–Crippen LogP) is 3.16. The molecule has 1 fully saturated rings. The van der Waals surface area contributed by atoms with Crippen LogP contribution in [0.25, 0.3) is 11.3 Å². The maximum atomic E-state index is 12.8. The van der Waals surface area contributed by atoms with Crippen molar-refractivity contribution in [3.05, 3.63) is 75.4 Å². The Labute approximate surface area is 174 Å². The number of benzene rings is 1. The van der Waals surface area contributed by atoms with Crippen molar-refractivity contribution in [1.82, 2.24) is 19.4 Å². The van der Waals surface area contributed by atoms with E-state index in [-0.39, 0.29) is 5.56 Å². The van der Waals surface area contributed by atoms with Crippen molar-refractivity contribution < 1.29 is 0 Å². The number of piperidine rings is 1. The molecule has 3 aromatic rings. The van der Waals surface area contributed by atoms with E-state index in [4.69, 9.17) is 17.3 Å². The van der Waals surface area contributed by atoms with Crippen molar-refractivity contribution in [1.29, 1.82) is 0 Å². The molecule has 5 rings (SSSR count). The molecule has 0 aliphatic carbocycles. The highest BCUT2D eigenvalue weighted by Crippen LogP contribution is 2.37. The fourth-order valence-corrected chi connectivity index (χ4v) is 4.97. The van der Waals surface area contributed by atoms with Gasteiger partial charge in [0.15, 0.2) is 0 Å². The Balaban J connectivity index is 1.46. The average Bonchev–Trinajstić information content (AvgIpc) is 2.68. The van der Waals surface area contributed by atoms with Gasteiger partial charge in [0.2, 0.25) is 0 Å². The molecule has 2 aliphatic heterocycles. The zero-order valence-corrected chi connectivity index (χ0v) is 16.7. The summed E-state index contributed by atoms with van der Waals surface area (Å²) in [4.78, 5) is 23.6. The molecule has 148 valence electrons. The zero-order chi connectivity index (χ0) is 20.0. The van der Waals surface area contributed by atoms with E-state index in [2.05, 4.69) is 27.0 Å². The number of hydrogen-bond acceptors (Lipinski definition) is 5. The minimum Gasteiger partial charge on any atom is -0.384 e. The normalized spacial score (nSPS) is 21.0. The Morgan fingerprint density at radius 2 is 2.00 bits per heavy atom. The van der Waals surface area contributed by atoms with Crippen LogP contribution < -0.4 is 11.3 Å². The zero-order valence-electron chi connectivity index (χ0n) is 16.0. The van der Waals surface area contributed by atoms with Gasteiger partial charge in [-0.2, -0.15) is 0 Å². The van der Waals surface area contributed by atoms with Crippen LogP contribution in [0.3, 0.4) is 0 Å². The lowest BCUT2D eigenvalue weighted by Crippen LogP contribution is -2.46.